The minimum Gasteiger partial charge on any atom is -0.469 e. The summed E-state index contributed by atoms with van der Waals surface area (Å²) >= 11 is 0. The number of aromatic nitrogens is 3. The van der Waals surface area contributed by atoms with Crippen molar-refractivity contribution < 1.29 is 23.9 Å². The maximum Gasteiger partial charge on any atom is 0.306 e. The van der Waals surface area contributed by atoms with Crippen molar-refractivity contribution in [2.24, 2.45) is 34.6 Å². The second-order valence-corrected chi connectivity index (χ2v) is 15.8. The predicted octanol–water partition coefficient (Wildman–Crippen LogP) is 7.53. The first-order valence-electron chi connectivity index (χ1n) is 19.8. The van der Waals surface area contributed by atoms with Crippen molar-refractivity contribution in [1.82, 2.24) is 19.9 Å². The molecule has 1 saturated heterocycles. The number of benzene rings is 2. The molecule has 3 fully saturated rings. The molecule has 56 heavy (non-hydrogen) atoms. The van der Waals surface area contributed by atoms with Gasteiger partial charge in [-0.1, -0.05) is 54.6 Å². The normalized spacial score (nSPS) is 23.8. The Balaban J connectivity index is 0.905. The maximum atomic E-state index is 13.9. The zero-order chi connectivity index (χ0) is 38.9. The van der Waals surface area contributed by atoms with Gasteiger partial charge in [0, 0.05) is 57.1 Å². The van der Waals surface area contributed by atoms with E-state index in [1.165, 1.54) is 19.1 Å². The summed E-state index contributed by atoms with van der Waals surface area (Å²) in [6.45, 7) is 2.41. The molecule has 2 aromatic carbocycles. The third kappa shape index (κ3) is 7.20. The van der Waals surface area contributed by atoms with E-state index < -0.39 is 18.0 Å². The van der Waals surface area contributed by atoms with Crippen LogP contribution in [0.25, 0.3) is 28.0 Å². The highest BCUT2D eigenvalue weighted by molar-refractivity contribution is 6.04. The number of aromatic amines is 1. The van der Waals surface area contributed by atoms with E-state index in [2.05, 4.69) is 58.5 Å². The average Bonchev–Trinajstić information content (AvgIpc) is 4.11. The molecule has 0 radical (unpaired) electrons. The van der Waals surface area contributed by atoms with E-state index in [1.54, 1.807) is 18.2 Å². The number of methoxy groups -OCH3 is 2. The summed E-state index contributed by atoms with van der Waals surface area (Å²) in [4.78, 5) is 60.8. The molecule has 2 aliphatic heterocycles. The zero-order valence-corrected chi connectivity index (χ0v) is 32.6. The number of hydrogen-bond donors (Lipinski definition) is 1. The monoisotopic (exact) mass is 754 g/mol. The Morgan fingerprint density at radius 3 is 2.32 bits per heavy atom. The van der Waals surface area contributed by atoms with Crippen LogP contribution in [0.1, 0.15) is 69.3 Å². The number of carbonyl (C=O) groups is 3. The van der Waals surface area contributed by atoms with Crippen LogP contribution in [0, 0.1) is 29.6 Å². The molecule has 290 valence electrons. The Morgan fingerprint density at radius 2 is 1.62 bits per heavy atom. The minimum atomic E-state index is -0.632. The summed E-state index contributed by atoms with van der Waals surface area (Å²) < 4.78 is 10.3. The number of H-pyrrole nitrogens is 1. The van der Waals surface area contributed by atoms with Crippen LogP contribution in [0.5, 0.6) is 0 Å². The second kappa shape index (κ2) is 16.0. The highest BCUT2D eigenvalue weighted by Crippen LogP contribution is 2.54. The standard InChI is InChI=1S/C45H50N6O5/c1-27(55-3)35(24-40(52)56-4)44(53)51-21-7-8-38(51)43-48-26-37(49-43)31-16-14-29(15-17-31)28-10-12-30(13-11-28)34-23-36(47-25-34)41-32-18-19-33(22-32)42(41)45(54)50(2)39-9-5-6-20-46-39/h5-6,9-17,20,25-27,32-33,35,38,41-42H,7-8,18-19,21-24H2,1-4H3,(H,48,49)/t27-,32?,33?,35+,38+,41?,42+/m1/s1. The summed E-state index contributed by atoms with van der Waals surface area (Å²) in [7, 11) is 4.73. The SMILES string of the molecule is COC(=O)C[C@H](C(=O)N1CCC[C@H]1c1ncc(-c2ccc(-c3ccc(C4=CN=C(C5C6CCC(C6)[C@@H]5C(=O)N(C)c5ccccn5)C4)cc3)cc2)[nH]1)[C@@H](C)OC. The fourth-order valence-corrected chi connectivity index (χ4v) is 9.62. The van der Waals surface area contributed by atoms with Crippen LogP contribution in [-0.2, 0) is 23.9 Å². The molecule has 8 rings (SSSR count). The van der Waals surface area contributed by atoms with Crippen molar-refractivity contribution in [3.8, 4) is 22.4 Å². The lowest BCUT2D eigenvalue weighted by molar-refractivity contribution is -0.151. The van der Waals surface area contributed by atoms with E-state index in [1.807, 2.05) is 49.5 Å². The molecule has 11 nitrogen and oxygen atoms in total. The molecule has 2 aliphatic carbocycles. The topological polar surface area (TPSA) is 130 Å². The van der Waals surface area contributed by atoms with Gasteiger partial charge in [-0.2, -0.15) is 0 Å². The fraction of sp³-hybridized carbons (Fsp3) is 0.422. The zero-order valence-electron chi connectivity index (χ0n) is 32.6. The summed E-state index contributed by atoms with van der Waals surface area (Å²) in [5.74, 6) is 1.46. The quantitative estimate of drug-likeness (QED) is 0.148. The molecule has 3 unspecified atom stereocenters. The van der Waals surface area contributed by atoms with Crippen LogP contribution >= 0.6 is 0 Å². The van der Waals surface area contributed by atoms with Gasteiger partial charge in [-0.05, 0) is 90.8 Å². The Kier molecular flexibility index (Phi) is 10.7. The van der Waals surface area contributed by atoms with Gasteiger partial charge in [-0.25, -0.2) is 9.97 Å². The number of allylic oxidation sites excluding steroid dienone is 1. The first-order valence-corrected chi connectivity index (χ1v) is 19.8. The fourth-order valence-electron chi connectivity index (χ4n) is 9.62. The third-order valence-corrected chi connectivity index (χ3v) is 12.8. The number of imidazole rings is 1. The van der Waals surface area contributed by atoms with Gasteiger partial charge in [0.25, 0.3) is 0 Å². The lowest BCUT2D eigenvalue weighted by atomic mass is 9.74. The highest BCUT2D eigenvalue weighted by atomic mass is 16.5. The molecule has 0 spiro atoms. The van der Waals surface area contributed by atoms with E-state index in [0.717, 1.165) is 71.6 Å². The number of rotatable bonds is 12. The van der Waals surface area contributed by atoms with Crippen molar-refractivity contribution in [3.05, 3.63) is 96.7 Å². The van der Waals surface area contributed by atoms with Crippen LogP contribution in [0.15, 0.2) is 90.3 Å². The van der Waals surface area contributed by atoms with Crippen molar-refractivity contribution in [1.29, 1.82) is 0 Å². The van der Waals surface area contributed by atoms with Gasteiger partial charge in [0.15, 0.2) is 0 Å². The summed E-state index contributed by atoms with van der Waals surface area (Å²) in [6, 6.07) is 22.6. The van der Waals surface area contributed by atoms with Crippen molar-refractivity contribution in [2.75, 3.05) is 32.7 Å². The Hall–Kier alpha value is -5.42. The second-order valence-electron chi connectivity index (χ2n) is 15.8. The summed E-state index contributed by atoms with van der Waals surface area (Å²) in [5, 5.41) is 0. The number of nitrogens with one attached hydrogen (secondary N) is 1. The van der Waals surface area contributed by atoms with Gasteiger partial charge in [-0.3, -0.25) is 24.3 Å². The number of aliphatic imine (C=N–C) groups is 1. The summed E-state index contributed by atoms with van der Waals surface area (Å²) in [5.41, 5.74) is 7.60. The van der Waals surface area contributed by atoms with Crippen molar-refractivity contribution in [2.45, 2.75) is 64.0 Å². The third-order valence-electron chi connectivity index (χ3n) is 12.8. The van der Waals surface area contributed by atoms with Crippen molar-refractivity contribution >= 4 is 34.9 Å². The van der Waals surface area contributed by atoms with Crippen LogP contribution in [0.3, 0.4) is 0 Å². The number of pyridine rings is 1. The molecule has 1 N–H and O–H groups in total. The smallest absolute Gasteiger partial charge is 0.306 e. The van der Waals surface area contributed by atoms with E-state index in [4.69, 9.17) is 19.5 Å². The Morgan fingerprint density at radius 1 is 0.911 bits per heavy atom. The van der Waals surface area contributed by atoms with Crippen LogP contribution < -0.4 is 4.90 Å². The van der Waals surface area contributed by atoms with Crippen molar-refractivity contribution in [3.63, 3.8) is 0 Å². The lowest BCUT2D eigenvalue weighted by Crippen LogP contribution is -2.42. The number of fused-ring (bicyclic) bond motifs is 2. The molecule has 4 heterocycles. The largest absolute Gasteiger partial charge is 0.469 e. The number of likely N-dealkylation sites (tertiary alicyclic amines) is 1. The molecule has 2 amide bonds. The Bertz CT molecular complexity index is 2130. The first kappa shape index (κ1) is 37.5. The number of nitrogens with zero attached hydrogens (tertiary/aromatic N) is 5. The molecule has 2 bridgehead atoms. The number of amides is 2. The number of anilines is 1. The predicted molar refractivity (Wildman–Crippen MR) is 215 cm³/mol. The molecule has 11 heteroatoms. The lowest BCUT2D eigenvalue weighted by Gasteiger charge is -2.33. The van der Waals surface area contributed by atoms with Crippen LogP contribution in [-0.4, -0.2) is 77.3 Å². The van der Waals surface area contributed by atoms with Gasteiger partial charge >= 0.3 is 5.97 Å². The first-order chi connectivity index (χ1) is 27.2. The molecule has 4 aliphatic rings. The summed E-state index contributed by atoms with van der Waals surface area (Å²) in [6.07, 6.45) is 10.9. The molecule has 2 aromatic heterocycles. The number of esters is 1. The minimum absolute atomic E-state index is 0.0313. The van der Waals surface area contributed by atoms with E-state index in [-0.39, 0.29) is 36.1 Å². The Labute approximate surface area is 328 Å². The number of carbonyl (C=O) groups excluding carboxylic acids is 3. The van der Waals surface area contributed by atoms with Gasteiger partial charge in [0.05, 0.1) is 43.5 Å². The molecule has 2 saturated carbocycles. The number of ether oxygens (including phenoxy) is 2. The average molecular weight is 755 g/mol. The number of hydrogen-bond acceptors (Lipinski definition) is 8. The maximum absolute atomic E-state index is 13.9. The van der Waals surface area contributed by atoms with E-state index in [9.17, 15) is 14.4 Å². The molecular weight excluding hydrogens is 705 g/mol. The van der Waals surface area contributed by atoms with E-state index >= 15 is 0 Å². The van der Waals surface area contributed by atoms with Gasteiger partial charge in [-0.15, -0.1) is 0 Å². The van der Waals surface area contributed by atoms with Gasteiger partial charge in [0.1, 0.15) is 11.6 Å². The molecule has 7 atom stereocenters. The van der Waals surface area contributed by atoms with E-state index in [0.29, 0.717) is 24.2 Å². The molecule has 4 aromatic rings. The molecular formula is C45H50N6O5. The van der Waals surface area contributed by atoms with Gasteiger partial charge in [0.2, 0.25) is 11.8 Å². The van der Waals surface area contributed by atoms with Crippen LogP contribution in [0.4, 0.5) is 5.82 Å². The highest BCUT2D eigenvalue weighted by Gasteiger charge is 2.53. The van der Waals surface area contributed by atoms with Crippen LogP contribution in [0.2, 0.25) is 0 Å². The van der Waals surface area contributed by atoms with Gasteiger partial charge < -0.3 is 19.4 Å².